The minimum atomic E-state index is -3.99. The van der Waals surface area contributed by atoms with Crippen molar-refractivity contribution in [3.63, 3.8) is 0 Å². The van der Waals surface area contributed by atoms with Crippen molar-refractivity contribution < 1.29 is 18.4 Å². The first-order valence-corrected chi connectivity index (χ1v) is 10.4. The SMILES string of the molecule is CCC1(O)CN(c2ccc(S(=O)(=O)Nc3ccc(C)cc3C)cc2[N+](=O)[O-])C1. The number of nitrogens with one attached hydrogen (secondary N) is 1. The van der Waals surface area contributed by atoms with Gasteiger partial charge in [-0.1, -0.05) is 24.6 Å². The Kier molecular flexibility index (Phi) is 5.07. The van der Waals surface area contributed by atoms with Gasteiger partial charge in [0.15, 0.2) is 0 Å². The first kappa shape index (κ1) is 20.1. The van der Waals surface area contributed by atoms with Crippen molar-refractivity contribution >= 4 is 27.1 Å². The van der Waals surface area contributed by atoms with Crippen LogP contribution in [-0.2, 0) is 10.0 Å². The standard InChI is InChI=1S/C19H23N3O5S/c1-4-19(23)11-21(12-19)17-8-6-15(10-18(17)22(24)25)28(26,27)20-16-7-5-13(2)9-14(16)3/h5-10,20,23H,4,11-12H2,1-3H3. The Bertz CT molecular complexity index is 1030. The fourth-order valence-electron chi connectivity index (χ4n) is 3.27. The monoisotopic (exact) mass is 405 g/mol. The largest absolute Gasteiger partial charge is 0.386 e. The van der Waals surface area contributed by atoms with Crippen molar-refractivity contribution in [3.8, 4) is 0 Å². The number of rotatable bonds is 6. The van der Waals surface area contributed by atoms with Gasteiger partial charge in [0, 0.05) is 19.2 Å². The molecule has 3 rings (SSSR count). The molecule has 9 heteroatoms. The minimum Gasteiger partial charge on any atom is -0.386 e. The molecular formula is C19H23N3O5S. The summed E-state index contributed by atoms with van der Waals surface area (Å²) in [6, 6.07) is 9.12. The Morgan fingerprint density at radius 2 is 1.89 bits per heavy atom. The zero-order valence-corrected chi connectivity index (χ0v) is 16.8. The molecule has 0 spiro atoms. The smallest absolute Gasteiger partial charge is 0.293 e. The van der Waals surface area contributed by atoms with Gasteiger partial charge in [-0.2, -0.15) is 0 Å². The average molecular weight is 405 g/mol. The summed E-state index contributed by atoms with van der Waals surface area (Å²) in [5.41, 5.74) is 1.32. The quantitative estimate of drug-likeness (QED) is 0.564. The molecular weight excluding hydrogens is 382 g/mol. The summed E-state index contributed by atoms with van der Waals surface area (Å²) in [4.78, 5) is 12.4. The van der Waals surface area contributed by atoms with Crippen LogP contribution < -0.4 is 9.62 Å². The Hall–Kier alpha value is -2.65. The molecule has 0 atom stereocenters. The Labute approximate surface area is 164 Å². The number of nitro groups is 1. The number of benzene rings is 2. The van der Waals surface area contributed by atoms with E-state index in [1.54, 1.807) is 24.0 Å². The number of nitrogens with zero attached hydrogens (tertiary/aromatic N) is 2. The molecule has 1 aliphatic rings. The lowest BCUT2D eigenvalue weighted by molar-refractivity contribution is -0.384. The summed E-state index contributed by atoms with van der Waals surface area (Å²) in [5.74, 6) is 0. The van der Waals surface area contributed by atoms with Crippen molar-refractivity contribution in [3.05, 3.63) is 57.6 Å². The van der Waals surface area contributed by atoms with Crippen molar-refractivity contribution in [2.24, 2.45) is 0 Å². The first-order chi connectivity index (χ1) is 13.0. The lowest BCUT2D eigenvalue weighted by atomic mass is 9.90. The van der Waals surface area contributed by atoms with Crippen LogP contribution in [0.1, 0.15) is 24.5 Å². The number of β-amino-alcohol motifs (C(OH)–C–C–N with tert-alkyl or cyclic N) is 1. The van der Waals surface area contributed by atoms with Crippen LogP contribution in [0.25, 0.3) is 0 Å². The van der Waals surface area contributed by atoms with E-state index in [4.69, 9.17) is 0 Å². The van der Waals surface area contributed by atoms with E-state index in [0.717, 1.165) is 17.2 Å². The molecule has 1 heterocycles. The summed E-state index contributed by atoms with van der Waals surface area (Å²) in [5, 5.41) is 21.7. The lowest BCUT2D eigenvalue weighted by Gasteiger charge is -2.47. The third-order valence-corrected chi connectivity index (χ3v) is 6.41. The molecule has 28 heavy (non-hydrogen) atoms. The van der Waals surface area contributed by atoms with E-state index in [0.29, 0.717) is 17.8 Å². The second-order valence-electron chi connectivity index (χ2n) is 7.27. The summed E-state index contributed by atoms with van der Waals surface area (Å²) in [6.45, 7) is 6.09. The minimum absolute atomic E-state index is 0.186. The van der Waals surface area contributed by atoms with Crippen LogP contribution in [-0.4, -0.2) is 37.1 Å². The molecule has 0 amide bonds. The van der Waals surface area contributed by atoms with Gasteiger partial charge in [-0.25, -0.2) is 8.42 Å². The molecule has 0 saturated carbocycles. The summed E-state index contributed by atoms with van der Waals surface area (Å²) in [6.07, 6.45) is 0.545. The molecule has 2 aromatic carbocycles. The van der Waals surface area contributed by atoms with Crippen molar-refractivity contribution in [2.45, 2.75) is 37.7 Å². The van der Waals surface area contributed by atoms with Gasteiger partial charge in [0.1, 0.15) is 5.69 Å². The number of hydrogen-bond donors (Lipinski definition) is 2. The summed E-state index contributed by atoms with van der Waals surface area (Å²) >= 11 is 0. The molecule has 2 N–H and O–H groups in total. The fourth-order valence-corrected chi connectivity index (χ4v) is 4.42. The lowest BCUT2D eigenvalue weighted by Crippen LogP contribution is -2.61. The van der Waals surface area contributed by atoms with E-state index in [9.17, 15) is 23.6 Å². The molecule has 150 valence electrons. The number of anilines is 2. The highest BCUT2D eigenvalue weighted by molar-refractivity contribution is 7.92. The van der Waals surface area contributed by atoms with E-state index < -0.39 is 20.5 Å². The molecule has 8 nitrogen and oxygen atoms in total. The Morgan fingerprint density at radius 3 is 2.46 bits per heavy atom. The van der Waals surface area contributed by atoms with Crippen LogP contribution in [0.3, 0.4) is 0 Å². The average Bonchev–Trinajstić information content (AvgIpc) is 2.60. The third kappa shape index (κ3) is 3.81. The molecule has 0 bridgehead atoms. The molecule has 0 aromatic heterocycles. The van der Waals surface area contributed by atoms with Crippen LogP contribution in [0.4, 0.5) is 17.1 Å². The second kappa shape index (κ2) is 7.06. The van der Waals surface area contributed by atoms with Gasteiger partial charge in [-0.3, -0.25) is 14.8 Å². The van der Waals surface area contributed by atoms with E-state index in [-0.39, 0.29) is 23.7 Å². The van der Waals surface area contributed by atoms with Crippen LogP contribution in [0.15, 0.2) is 41.3 Å². The predicted molar refractivity (Wildman–Crippen MR) is 107 cm³/mol. The van der Waals surface area contributed by atoms with E-state index in [1.807, 2.05) is 19.9 Å². The Balaban J connectivity index is 1.92. The maximum absolute atomic E-state index is 12.7. The van der Waals surface area contributed by atoms with Crippen molar-refractivity contribution in [1.29, 1.82) is 0 Å². The molecule has 2 aromatic rings. The number of sulfonamides is 1. The fraction of sp³-hybridized carbons (Fsp3) is 0.368. The molecule has 1 aliphatic heterocycles. The topological polar surface area (TPSA) is 113 Å². The van der Waals surface area contributed by atoms with E-state index in [2.05, 4.69) is 4.72 Å². The molecule has 1 fully saturated rings. The van der Waals surface area contributed by atoms with Crippen LogP contribution >= 0.6 is 0 Å². The van der Waals surface area contributed by atoms with Gasteiger partial charge < -0.3 is 10.0 Å². The van der Waals surface area contributed by atoms with E-state index in [1.165, 1.54) is 12.1 Å². The maximum Gasteiger partial charge on any atom is 0.293 e. The summed E-state index contributed by atoms with van der Waals surface area (Å²) < 4.78 is 28.0. The molecule has 1 saturated heterocycles. The van der Waals surface area contributed by atoms with Gasteiger partial charge in [0.05, 0.1) is 21.1 Å². The van der Waals surface area contributed by atoms with Gasteiger partial charge in [0.2, 0.25) is 0 Å². The first-order valence-electron chi connectivity index (χ1n) is 8.90. The predicted octanol–water partition coefficient (Wildman–Crippen LogP) is 2.97. The molecule has 0 unspecified atom stereocenters. The third-order valence-electron chi connectivity index (χ3n) is 5.05. The van der Waals surface area contributed by atoms with Gasteiger partial charge in [-0.05, 0) is 44.0 Å². The second-order valence-corrected chi connectivity index (χ2v) is 8.95. The zero-order chi connectivity index (χ0) is 20.7. The van der Waals surface area contributed by atoms with E-state index >= 15 is 0 Å². The highest BCUT2D eigenvalue weighted by Crippen LogP contribution is 2.37. The number of hydrogen-bond acceptors (Lipinski definition) is 6. The normalized spacial score (nSPS) is 15.8. The van der Waals surface area contributed by atoms with Gasteiger partial charge in [0.25, 0.3) is 15.7 Å². The van der Waals surface area contributed by atoms with Crippen LogP contribution in [0.5, 0.6) is 0 Å². The summed E-state index contributed by atoms with van der Waals surface area (Å²) in [7, 11) is -3.99. The number of aliphatic hydroxyl groups is 1. The highest BCUT2D eigenvalue weighted by atomic mass is 32.2. The number of nitro benzene ring substituents is 1. The van der Waals surface area contributed by atoms with Crippen molar-refractivity contribution in [1.82, 2.24) is 0 Å². The van der Waals surface area contributed by atoms with Crippen molar-refractivity contribution in [2.75, 3.05) is 22.7 Å². The molecule has 0 aliphatic carbocycles. The van der Waals surface area contributed by atoms with Crippen LogP contribution in [0.2, 0.25) is 0 Å². The Morgan fingerprint density at radius 1 is 1.21 bits per heavy atom. The van der Waals surface area contributed by atoms with Gasteiger partial charge in [-0.15, -0.1) is 0 Å². The van der Waals surface area contributed by atoms with Crippen LogP contribution in [0, 0.1) is 24.0 Å². The van der Waals surface area contributed by atoms with Gasteiger partial charge >= 0.3 is 0 Å². The highest BCUT2D eigenvalue weighted by Gasteiger charge is 2.42. The maximum atomic E-state index is 12.7. The molecule has 0 radical (unpaired) electrons. The zero-order valence-electron chi connectivity index (χ0n) is 16.0. The number of aryl methyl sites for hydroxylation is 2.